The lowest BCUT2D eigenvalue weighted by atomic mass is 10.7. The average Bonchev–Trinajstić information content (AvgIpc) is 1.81. The first-order valence-electron chi connectivity index (χ1n) is 2.51. The fraction of sp³-hybridized carbons (Fsp3) is 0.500. The first-order valence-corrected chi connectivity index (χ1v) is 3.99. The number of alkyl halides is 3. The van der Waals surface area contributed by atoms with E-state index in [2.05, 4.69) is 0 Å². The summed E-state index contributed by atoms with van der Waals surface area (Å²) in [6.45, 7) is 1.39. The van der Waals surface area contributed by atoms with Gasteiger partial charge in [0.25, 0.3) is 0 Å². The second-order valence-corrected chi connectivity index (χ2v) is 3.27. The third-order valence-corrected chi connectivity index (χ3v) is 1.75. The summed E-state index contributed by atoms with van der Waals surface area (Å²) in [4.78, 5) is 0. The summed E-state index contributed by atoms with van der Waals surface area (Å²) in [6, 6.07) is 0. The molecule has 66 valence electrons. The number of nitrogens with one attached hydrogen (secondary N) is 1. The van der Waals surface area contributed by atoms with Crippen LogP contribution in [-0.4, -0.2) is 13.9 Å². The molecule has 11 heavy (non-hydrogen) atoms. The molecule has 0 aliphatic carbocycles. The summed E-state index contributed by atoms with van der Waals surface area (Å²) in [7, 11) is -5.20. The summed E-state index contributed by atoms with van der Waals surface area (Å²) in [5.74, 6) is 0. The van der Waals surface area contributed by atoms with E-state index in [-0.39, 0.29) is 0 Å². The Morgan fingerprint density at radius 1 is 1.36 bits per heavy atom. The van der Waals surface area contributed by atoms with Crippen molar-refractivity contribution in [2.75, 3.05) is 0 Å². The lowest BCUT2D eigenvalue weighted by Crippen LogP contribution is -2.33. The number of rotatable bonds is 2. The van der Waals surface area contributed by atoms with Gasteiger partial charge < -0.3 is 0 Å². The maximum absolute atomic E-state index is 11.5. The minimum absolute atomic E-state index is 0.697. The third kappa shape index (κ3) is 2.79. The molecule has 0 radical (unpaired) electrons. The minimum atomic E-state index is -5.24. The molecule has 1 N–H and O–H groups in total. The Balaban J connectivity index is 4.50. The smallest absolute Gasteiger partial charge is 0.283 e. The average molecular weight is 189 g/mol. The molecule has 0 aromatic heterocycles. The van der Waals surface area contributed by atoms with E-state index in [1.165, 1.54) is 11.6 Å². The van der Waals surface area contributed by atoms with Gasteiger partial charge in [-0.05, 0) is 6.92 Å². The second-order valence-electron chi connectivity index (χ2n) is 1.57. The van der Waals surface area contributed by atoms with E-state index in [9.17, 15) is 21.6 Å². The monoisotopic (exact) mass is 189 g/mol. The summed E-state index contributed by atoms with van der Waals surface area (Å²) in [6.07, 6.45) is 1.84. The molecule has 0 heterocycles. The summed E-state index contributed by atoms with van der Waals surface area (Å²) in [5.41, 5.74) is -5.24. The predicted molar refractivity (Wildman–Crippen MR) is 32.9 cm³/mol. The van der Waals surface area contributed by atoms with Gasteiger partial charge in [0.05, 0.1) is 0 Å². The molecule has 0 atom stereocenters. The molecule has 0 bridgehead atoms. The molecular formula is C4H6F3NO2S. The van der Waals surface area contributed by atoms with Crippen molar-refractivity contribution in [2.24, 2.45) is 0 Å². The highest BCUT2D eigenvalue weighted by atomic mass is 32.2. The lowest BCUT2D eigenvalue weighted by molar-refractivity contribution is -0.0443. The van der Waals surface area contributed by atoms with Gasteiger partial charge in [-0.1, -0.05) is 6.08 Å². The first kappa shape index (κ1) is 10.3. The molecule has 0 aliphatic heterocycles. The first-order chi connectivity index (χ1) is 4.81. The topological polar surface area (TPSA) is 46.2 Å². The molecule has 0 aromatic carbocycles. The van der Waals surface area contributed by atoms with Gasteiger partial charge in [-0.2, -0.15) is 21.6 Å². The highest BCUT2D eigenvalue weighted by molar-refractivity contribution is 7.90. The number of hydrogen-bond acceptors (Lipinski definition) is 2. The van der Waals surface area contributed by atoms with E-state index < -0.39 is 15.5 Å². The Kier molecular flexibility index (Phi) is 2.92. The lowest BCUT2D eigenvalue weighted by Gasteiger charge is -2.05. The van der Waals surface area contributed by atoms with Gasteiger partial charge >= 0.3 is 15.5 Å². The molecule has 0 unspecified atom stereocenters. The molecule has 0 amide bonds. The van der Waals surface area contributed by atoms with E-state index >= 15 is 0 Å². The molecule has 0 spiro atoms. The highest BCUT2D eigenvalue weighted by Gasteiger charge is 2.45. The van der Waals surface area contributed by atoms with Gasteiger partial charge in [0.1, 0.15) is 0 Å². The number of halogens is 3. The van der Waals surface area contributed by atoms with E-state index in [0.717, 1.165) is 6.08 Å². The van der Waals surface area contributed by atoms with Crippen LogP contribution < -0.4 is 4.72 Å². The molecule has 3 nitrogen and oxygen atoms in total. The largest absolute Gasteiger partial charge is 0.516 e. The molecule has 0 saturated heterocycles. The fourth-order valence-corrected chi connectivity index (χ4v) is 0.673. The maximum Gasteiger partial charge on any atom is 0.516 e. The van der Waals surface area contributed by atoms with Gasteiger partial charge in [-0.25, -0.2) is 0 Å². The Hall–Kier alpha value is -0.720. The third-order valence-electron chi connectivity index (χ3n) is 0.695. The van der Waals surface area contributed by atoms with E-state index in [1.54, 1.807) is 0 Å². The van der Waals surface area contributed by atoms with Crippen LogP contribution in [-0.2, 0) is 10.0 Å². The summed E-state index contributed by atoms with van der Waals surface area (Å²) >= 11 is 0. The molecule has 7 heteroatoms. The van der Waals surface area contributed by atoms with Crippen LogP contribution in [0.15, 0.2) is 12.3 Å². The normalized spacial score (nSPS) is 13.8. The van der Waals surface area contributed by atoms with Crippen molar-refractivity contribution in [3.05, 3.63) is 12.3 Å². The Labute approximate surface area is 62.0 Å². The number of allylic oxidation sites excluding steroid dienone is 1. The van der Waals surface area contributed by atoms with Crippen molar-refractivity contribution in [2.45, 2.75) is 12.4 Å². The SMILES string of the molecule is C/C=C\NS(=O)(=O)C(F)(F)F. The number of hydrogen-bond donors (Lipinski definition) is 1. The van der Waals surface area contributed by atoms with Crippen molar-refractivity contribution < 1.29 is 21.6 Å². The van der Waals surface area contributed by atoms with Crippen LogP contribution in [0.4, 0.5) is 13.2 Å². The summed E-state index contributed by atoms with van der Waals surface area (Å²) < 4.78 is 55.9. The van der Waals surface area contributed by atoms with E-state index in [4.69, 9.17) is 0 Å². The highest BCUT2D eigenvalue weighted by Crippen LogP contribution is 2.21. The van der Waals surface area contributed by atoms with Crippen molar-refractivity contribution in [1.29, 1.82) is 0 Å². The van der Waals surface area contributed by atoms with Crippen LogP contribution >= 0.6 is 0 Å². The zero-order chi connectivity index (χ0) is 9.12. The zero-order valence-electron chi connectivity index (χ0n) is 5.51. The molecule has 0 aromatic rings. The summed E-state index contributed by atoms with van der Waals surface area (Å²) in [5, 5.41) is 0. The van der Waals surface area contributed by atoms with Crippen LogP contribution in [0.3, 0.4) is 0 Å². The standard InChI is InChI=1S/C4H6F3NO2S/c1-2-3-8-11(9,10)4(5,6)7/h2-3,8H,1H3/b3-2-. The van der Waals surface area contributed by atoms with E-state index in [1.807, 2.05) is 0 Å². The van der Waals surface area contributed by atoms with Gasteiger partial charge in [-0.15, -0.1) is 0 Å². The molecule has 0 saturated carbocycles. The molecular weight excluding hydrogens is 183 g/mol. The molecule has 0 rings (SSSR count). The van der Waals surface area contributed by atoms with Crippen molar-refractivity contribution in [3.63, 3.8) is 0 Å². The van der Waals surface area contributed by atoms with Gasteiger partial charge in [-0.3, -0.25) is 4.72 Å². The molecule has 0 aliphatic rings. The van der Waals surface area contributed by atoms with Crippen molar-refractivity contribution >= 4 is 10.0 Å². The second kappa shape index (κ2) is 3.12. The minimum Gasteiger partial charge on any atom is -0.283 e. The quantitative estimate of drug-likeness (QED) is 0.703. The molecule has 0 fully saturated rings. The van der Waals surface area contributed by atoms with Gasteiger partial charge in [0, 0.05) is 6.20 Å². The van der Waals surface area contributed by atoms with Crippen molar-refractivity contribution in [1.82, 2.24) is 4.72 Å². The van der Waals surface area contributed by atoms with E-state index in [0.29, 0.717) is 6.20 Å². The Bertz CT molecular complexity index is 241. The van der Waals surface area contributed by atoms with Crippen LogP contribution in [0.25, 0.3) is 0 Å². The van der Waals surface area contributed by atoms with Crippen LogP contribution in [0, 0.1) is 0 Å². The Morgan fingerprint density at radius 2 is 1.82 bits per heavy atom. The van der Waals surface area contributed by atoms with Crippen LogP contribution in [0.2, 0.25) is 0 Å². The maximum atomic E-state index is 11.5. The Morgan fingerprint density at radius 3 is 2.09 bits per heavy atom. The fourth-order valence-electron chi connectivity index (χ4n) is 0.224. The number of sulfonamides is 1. The van der Waals surface area contributed by atoms with Gasteiger partial charge in [0.15, 0.2) is 0 Å². The predicted octanol–water partition coefficient (Wildman–Crippen LogP) is 0.959. The van der Waals surface area contributed by atoms with Crippen molar-refractivity contribution in [3.8, 4) is 0 Å². The zero-order valence-corrected chi connectivity index (χ0v) is 6.33. The van der Waals surface area contributed by atoms with Crippen LogP contribution in [0.5, 0.6) is 0 Å². The van der Waals surface area contributed by atoms with Crippen LogP contribution in [0.1, 0.15) is 6.92 Å². The van der Waals surface area contributed by atoms with Gasteiger partial charge in [0.2, 0.25) is 0 Å².